The number of nitrogens with one attached hydrogen (secondary N) is 2. The molecule has 1 saturated heterocycles. The largest absolute Gasteiger partial charge is 0.381 e. The smallest absolute Gasteiger partial charge is 0.191 e. The number of nitrogens with zero attached hydrogens (tertiary/aromatic N) is 1. The number of halogens is 2. The van der Waals surface area contributed by atoms with Gasteiger partial charge in [-0.3, -0.25) is 4.99 Å². The van der Waals surface area contributed by atoms with E-state index in [9.17, 15) is 0 Å². The first-order valence-electron chi connectivity index (χ1n) is 9.16. The molecule has 1 aromatic carbocycles. The highest BCUT2D eigenvalue weighted by atomic mass is 127. The summed E-state index contributed by atoms with van der Waals surface area (Å²) in [6.07, 6.45) is 3.08. The van der Waals surface area contributed by atoms with Gasteiger partial charge in [0.2, 0.25) is 0 Å². The van der Waals surface area contributed by atoms with Crippen molar-refractivity contribution < 1.29 is 4.74 Å². The van der Waals surface area contributed by atoms with Crippen molar-refractivity contribution in [2.24, 2.45) is 4.99 Å². The molecule has 148 valence electrons. The van der Waals surface area contributed by atoms with Crippen LogP contribution in [0.25, 0.3) is 0 Å². The minimum Gasteiger partial charge on any atom is -0.381 e. The Balaban J connectivity index is 0.00000338. The Kier molecular flexibility index (Phi) is 12.0. The van der Waals surface area contributed by atoms with E-state index in [1.54, 1.807) is 0 Å². The van der Waals surface area contributed by atoms with E-state index in [2.05, 4.69) is 30.5 Å². The van der Waals surface area contributed by atoms with Crippen LogP contribution in [0.4, 0.5) is 0 Å². The van der Waals surface area contributed by atoms with Crippen LogP contribution in [0, 0.1) is 0 Å². The number of benzene rings is 1. The third kappa shape index (κ3) is 8.23. The second-order valence-corrected chi connectivity index (χ2v) is 8.40. The summed E-state index contributed by atoms with van der Waals surface area (Å²) in [5.74, 6) is 2.01. The molecule has 0 atom stereocenters. The Morgan fingerprint density at radius 1 is 1.27 bits per heavy atom. The molecule has 4 nitrogen and oxygen atoms in total. The molecule has 0 amide bonds. The van der Waals surface area contributed by atoms with Gasteiger partial charge in [-0.05, 0) is 49.6 Å². The molecule has 0 bridgehead atoms. The zero-order valence-electron chi connectivity index (χ0n) is 15.7. The molecule has 1 aliphatic rings. The first-order valence-corrected chi connectivity index (χ1v) is 10.5. The van der Waals surface area contributed by atoms with Gasteiger partial charge in [0, 0.05) is 36.1 Å². The molecular formula is C19H31ClIN3OS. The normalized spacial score (nSPS) is 16.7. The van der Waals surface area contributed by atoms with Crippen LogP contribution in [0.3, 0.4) is 0 Å². The predicted molar refractivity (Wildman–Crippen MR) is 125 cm³/mol. The molecule has 0 aliphatic carbocycles. The van der Waals surface area contributed by atoms with Crippen LogP contribution >= 0.6 is 47.3 Å². The maximum atomic E-state index is 6.05. The summed E-state index contributed by atoms with van der Waals surface area (Å²) < 4.78 is 5.77. The van der Waals surface area contributed by atoms with Gasteiger partial charge in [0.05, 0.1) is 6.54 Å². The molecule has 26 heavy (non-hydrogen) atoms. The van der Waals surface area contributed by atoms with Gasteiger partial charge < -0.3 is 15.4 Å². The first kappa shape index (κ1) is 23.9. The summed E-state index contributed by atoms with van der Waals surface area (Å²) in [6.45, 7) is 8.55. The molecule has 0 aromatic heterocycles. The minimum atomic E-state index is 0. The number of rotatable bonds is 8. The van der Waals surface area contributed by atoms with E-state index in [4.69, 9.17) is 21.3 Å². The first-order chi connectivity index (χ1) is 12.2. The van der Waals surface area contributed by atoms with Crippen LogP contribution in [0.5, 0.6) is 0 Å². The van der Waals surface area contributed by atoms with Crippen molar-refractivity contribution in [3.8, 4) is 0 Å². The molecule has 7 heteroatoms. The van der Waals surface area contributed by atoms with Gasteiger partial charge in [0.1, 0.15) is 0 Å². The van der Waals surface area contributed by atoms with Gasteiger partial charge in [-0.2, -0.15) is 11.8 Å². The van der Waals surface area contributed by atoms with Crippen LogP contribution in [-0.2, 0) is 11.2 Å². The van der Waals surface area contributed by atoms with Crippen LogP contribution in [-0.4, -0.2) is 49.3 Å². The summed E-state index contributed by atoms with van der Waals surface area (Å²) in [5.41, 5.74) is 1.23. The fraction of sp³-hybridized carbons (Fsp3) is 0.632. The zero-order chi connectivity index (χ0) is 18.0. The lowest BCUT2D eigenvalue weighted by Gasteiger charge is -2.35. The number of aliphatic imine (C=N–C) groups is 1. The van der Waals surface area contributed by atoms with Gasteiger partial charge in [0.25, 0.3) is 0 Å². The van der Waals surface area contributed by atoms with E-state index >= 15 is 0 Å². The average molecular weight is 512 g/mol. The highest BCUT2D eigenvalue weighted by Gasteiger charge is 2.32. The topological polar surface area (TPSA) is 45.7 Å². The molecular weight excluding hydrogens is 481 g/mol. The molecule has 1 aromatic rings. The van der Waals surface area contributed by atoms with Gasteiger partial charge in [0.15, 0.2) is 5.96 Å². The van der Waals surface area contributed by atoms with Gasteiger partial charge in [-0.1, -0.05) is 30.7 Å². The summed E-state index contributed by atoms with van der Waals surface area (Å²) in [7, 11) is 0. The third-order valence-corrected chi connectivity index (χ3v) is 5.99. The Bertz CT molecular complexity index is 548. The molecule has 0 unspecified atom stereocenters. The molecule has 0 saturated carbocycles. The molecule has 2 rings (SSSR count). The fourth-order valence-electron chi connectivity index (χ4n) is 2.98. The van der Waals surface area contributed by atoms with Gasteiger partial charge in [-0.15, -0.1) is 24.0 Å². The monoisotopic (exact) mass is 511 g/mol. The van der Waals surface area contributed by atoms with E-state index in [-0.39, 0.29) is 28.7 Å². The van der Waals surface area contributed by atoms with E-state index in [0.29, 0.717) is 0 Å². The number of thioether (sulfide) groups is 1. The van der Waals surface area contributed by atoms with E-state index in [0.717, 1.165) is 68.8 Å². The van der Waals surface area contributed by atoms with Crippen molar-refractivity contribution in [2.45, 2.75) is 37.9 Å². The Morgan fingerprint density at radius 2 is 2.04 bits per heavy atom. The van der Waals surface area contributed by atoms with E-state index in [1.165, 1.54) is 5.56 Å². The van der Waals surface area contributed by atoms with Crippen molar-refractivity contribution in [2.75, 3.05) is 38.6 Å². The second kappa shape index (κ2) is 13.1. The molecule has 1 aliphatic heterocycles. The van der Waals surface area contributed by atoms with E-state index < -0.39 is 0 Å². The Labute approximate surface area is 184 Å². The molecule has 2 N–H and O–H groups in total. The van der Waals surface area contributed by atoms with Crippen molar-refractivity contribution in [3.63, 3.8) is 0 Å². The fourth-order valence-corrected chi connectivity index (χ4v) is 4.42. The predicted octanol–water partition coefficient (Wildman–Crippen LogP) is 4.36. The quantitative estimate of drug-likeness (QED) is 0.309. The van der Waals surface area contributed by atoms with Crippen LogP contribution in [0.1, 0.15) is 32.3 Å². The number of hydrogen-bond acceptors (Lipinski definition) is 3. The summed E-state index contributed by atoms with van der Waals surface area (Å²) in [4.78, 5) is 4.87. The van der Waals surface area contributed by atoms with Crippen LogP contribution in [0.2, 0.25) is 5.02 Å². The highest BCUT2D eigenvalue weighted by molar-refractivity contribution is 14.0. The van der Waals surface area contributed by atoms with Crippen molar-refractivity contribution in [1.29, 1.82) is 0 Å². The van der Waals surface area contributed by atoms with Crippen LogP contribution in [0.15, 0.2) is 29.3 Å². The maximum absolute atomic E-state index is 6.05. The Morgan fingerprint density at radius 3 is 2.69 bits per heavy atom. The van der Waals surface area contributed by atoms with Gasteiger partial charge in [-0.25, -0.2) is 0 Å². The number of guanidine groups is 1. The average Bonchev–Trinajstić information content (AvgIpc) is 2.61. The zero-order valence-corrected chi connectivity index (χ0v) is 19.6. The summed E-state index contributed by atoms with van der Waals surface area (Å²) >= 11 is 8.07. The van der Waals surface area contributed by atoms with Gasteiger partial charge >= 0.3 is 0 Å². The Hall–Kier alpha value is -0.180. The lowest BCUT2D eigenvalue weighted by Crippen LogP contribution is -2.41. The molecule has 1 fully saturated rings. The summed E-state index contributed by atoms with van der Waals surface area (Å²) in [5, 5.41) is 7.58. The lowest BCUT2D eigenvalue weighted by atomic mass is 9.99. The SMILES string of the molecule is CCNC(=NCC1(SCC)CCOCC1)NCCc1cccc(Cl)c1.I. The molecule has 1 heterocycles. The maximum Gasteiger partial charge on any atom is 0.191 e. The van der Waals surface area contributed by atoms with E-state index in [1.807, 2.05) is 30.0 Å². The molecule has 0 radical (unpaired) electrons. The number of ether oxygens (including phenoxy) is 1. The number of hydrogen-bond donors (Lipinski definition) is 2. The van der Waals surface area contributed by atoms with Crippen LogP contribution < -0.4 is 10.6 Å². The summed E-state index contributed by atoms with van der Waals surface area (Å²) in [6, 6.07) is 8.02. The van der Waals surface area contributed by atoms with Crippen molar-refractivity contribution in [1.82, 2.24) is 10.6 Å². The standard InChI is InChI=1S/C19H30ClN3OS.HI/c1-3-21-18(22-11-8-16-6-5-7-17(20)14-16)23-15-19(25-4-2)9-12-24-13-10-19;/h5-7,14H,3-4,8-13,15H2,1-2H3,(H2,21,22,23);1H. The third-order valence-electron chi connectivity index (χ3n) is 4.32. The van der Waals surface area contributed by atoms with Crippen molar-refractivity contribution in [3.05, 3.63) is 34.9 Å². The van der Waals surface area contributed by atoms with Crippen molar-refractivity contribution >= 4 is 53.3 Å². The minimum absolute atomic E-state index is 0. The highest BCUT2D eigenvalue weighted by Crippen LogP contribution is 2.35. The lowest BCUT2D eigenvalue weighted by molar-refractivity contribution is 0.0793. The molecule has 0 spiro atoms. The second-order valence-electron chi connectivity index (χ2n) is 6.23.